The predicted molar refractivity (Wildman–Crippen MR) is 129 cm³/mol. The normalized spacial score (nSPS) is 13.2. The highest BCUT2D eigenvalue weighted by Crippen LogP contribution is 2.36. The summed E-state index contributed by atoms with van der Waals surface area (Å²) in [5, 5.41) is 10.9. The number of hydrogen-bond donors (Lipinski definition) is 1. The van der Waals surface area contributed by atoms with Crippen molar-refractivity contribution >= 4 is 29.1 Å². The van der Waals surface area contributed by atoms with Crippen molar-refractivity contribution in [2.45, 2.75) is 32.9 Å². The first kappa shape index (κ1) is 21.4. The van der Waals surface area contributed by atoms with Crippen LogP contribution in [-0.2, 0) is 25.9 Å². The van der Waals surface area contributed by atoms with Gasteiger partial charge in [0, 0.05) is 36.9 Å². The van der Waals surface area contributed by atoms with Gasteiger partial charge in [0.15, 0.2) is 0 Å². The van der Waals surface area contributed by atoms with E-state index >= 15 is 0 Å². The summed E-state index contributed by atoms with van der Waals surface area (Å²) in [6.07, 6.45) is 3.82. The van der Waals surface area contributed by atoms with Gasteiger partial charge in [0.2, 0.25) is 0 Å². The summed E-state index contributed by atoms with van der Waals surface area (Å²) >= 11 is 0. The van der Waals surface area contributed by atoms with Crippen molar-refractivity contribution in [3.05, 3.63) is 94.8 Å². The lowest BCUT2D eigenvalue weighted by Gasteiger charge is -2.30. The highest BCUT2D eigenvalue weighted by molar-refractivity contribution is 5.95. The van der Waals surface area contributed by atoms with E-state index in [2.05, 4.69) is 77.1 Å². The van der Waals surface area contributed by atoms with Gasteiger partial charge < -0.3 is 14.6 Å². The number of halogens is 1. The highest BCUT2D eigenvalue weighted by atomic mass is 35.5. The Kier molecular flexibility index (Phi) is 6.30. The molecule has 0 amide bonds. The fraction of sp³-hybridized carbons (Fsp3) is 0.269. The topological polar surface area (TPSA) is 41.3 Å². The zero-order valence-electron chi connectivity index (χ0n) is 17.8. The van der Waals surface area contributed by atoms with Gasteiger partial charge in [-0.15, -0.1) is 12.4 Å². The molecule has 0 radical (unpaired) electrons. The lowest BCUT2D eigenvalue weighted by Crippen LogP contribution is -2.31. The third kappa shape index (κ3) is 3.93. The molecule has 1 aliphatic heterocycles. The third-order valence-corrected chi connectivity index (χ3v) is 6.32. The van der Waals surface area contributed by atoms with E-state index in [0.717, 1.165) is 37.3 Å². The first-order valence-corrected chi connectivity index (χ1v) is 10.7. The minimum atomic E-state index is 0. The quantitative estimate of drug-likeness (QED) is 0.486. The molecule has 1 aliphatic rings. The van der Waals surface area contributed by atoms with Gasteiger partial charge in [0.05, 0.1) is 12.1 Å². The Hall–Kier alpha value is -2.82. The number of aliphatic hydroxyl groups is 1. The van der Waals surface area contributed by atoms with Gasteiger partial charge in [-0.25, -0.2) is 4.98 Å². The average Bonchev–Trinajstić information content (AvgIpc) is 3.06. The average molecular weight is 434 g/mol. The summed E-state index contributed by atoms with van der Waals surface area (Å²) in [6, 6.07) is 21.4. The van der Waals surface area contributed by atoms with E-state index in [1.165, 1.54) is 33.3 Å². The maximum absolute atomic E-state index is 9.68. The van der Waals surface area contributed by atoms with Gasteiger partial charge in [0.25, 0.3) is 0 Å². The Balaban J connectivity index is 0.00000231. The lowest BCUT2D eigenvalue weighted by atomic mass is 9.98. The molecule has 5 rings (SSSR count). The number of nitrogens with zero attached hydrogens (tertiary/aromatic N) is 3. The van der Waals surface area contributed by atoms with Gasteiger partial charge in [-0.2, -0.15) is 0 Å². The van der Waals surface area contributed by atoms with Crippen molar-refractivity contribution in [2.75, 3.05) is 18.1 Å². The first-order valence-electron chi connectivity index (χ1n) is 10.7. The summed E-state index contributed by atoms with van der Waals surface area (Å²) in [5.41, 5.74) is 7.82. The van der Waals surface area contributed by atoms with Crippen LogP contribution >= 0.6 is 12.4 Å². The van der Waals surface area contributed by atoms with Crippen molar-refractivity contribution in [2.24, 2.45) is 0 Å². The summed E-state index contributed by atoms with van der Waals surface area (Å²) in [5.74, 6) is 1.06. The van der Waals surface area contributed by atoms with Crippen molar-refractivity contribution in [3.63, 3.8) is 0 Å². The number of rotatable bonds is 5. The van der Waals surface area contributed by atoms with Crippen molar-refractivity contribution in [1.82, 2.24) is 9.55 Å². The molecule has 0 spiro atoms. The molecule has 2 aromatic heterocycles. The van der Waals surface area contributed by atoms with Crippen LogP contribution in [0.15, 0.2) is 66.9 Å². The Morgan fingerprint density at radius 3 is 2.48 bits per heavy atom. The number of hydrogen-bond acceptors (Lipinski definition) is 3. The second-order valence-electron chi connectivity index (χ2n) is 8.07. The molecule has 0 aliphatic carbocycles. The zero-order chi connectivity index (χ0) is 20.5. The third-order valence-electron chi connectivity index (χ3n) is 6.32. The number of fused-ring (bicyclic) bond motifs is 2. The second kappa shape index (κ2) is 9.13. The van der Waals surface area contributed by atoms with Crippen LogP contribution in [0, 0.1) is 6.92 Å². The summed E-state index contributed by atoms with van der Waals surface area (Å²) in [4.78, 5) is 7.29. The number of benzene rings is 2. The Morgan fingerprint density at radius 2 is 1.71 bits per heavy atom. The summed E-state index contributed by atoms with van der Waals surface area (Å²) < 4.78 is 2.25. The fourth-order valence-corrected chi connectivity index (χ4v) is 4.80. The molecular weight excluding hydrogens is 406 g/mol. The van der Waals surface area contributed by atoms with Crippen molar-refractivity contribution < 1.29 is 5.11 Å². The molecule has 2 aromatic carbocycles. The maximum atomic E-state index is 9.68. The minimum Gasteiger partial charge on any atom is -0.395 e. The molecule has 0 saturated carbocycles. The first-order chi connectivity index (χ1) is 14.8. The molecule has 0 saturated heterocycles. The van der Waals surface area contributed by atoms with Gasteiger partial charge in [-0.1, -0.05) is 54.6 Å². The van der Waals surface area contributed by atoms with Crippen LogP contribution in [0.3, 0.4) is 0 Å². The van der Waals surface area contributed by atoms with E-state index in [0.29, 0.717) is 6.54 Å². The van der Waals surface area contributed by atoms with Gasteiger partial charge >= 0.3 is 0 Å². The molecule has 4 nitrogen and oxygen atoms in total. The largest absolute Gasteiger partial charge is 0.395 e. The van der Waals surface area contributed by atoms with Crippen LogP contribution < -0.4 is 4.90 Å². The smallest absolute Gasteiger partial charge is 0.138 e. The molecule has 5 heteroatoms. The Bertz CT molecular complexity index is 1190. The number of pyridine rings is 1. The van der Waals surface area contributed by atoms with E-state index < -0.39 is 0 Å². The standard InChI is InChI=1S/C26H27N3O.ClH/c1-19-23(17-20-7-3-2-4-8-20)25-24(29(19)15-16-30)11-13-27-26(25)28-14-12-21-9-5-6-10-22(21)18-28;/h2-11,13,30H,12,14-18H2,1H3;1H. The van der Waals surface area contributed by atoms with Crippen molar-refractivity contribution in [3.8, 4) is 0 Å². The van der Waals surface area contributed by atoms with Gasteiger partial charge in [-0.3, -0.25) is 0 Å². The molecule has 4 aromatic rings. The maximum Gasteiger partial charge on any atom is 0.138 e. The van der Waals surface area contributed by atoms with Gasteiger partial charge in [-0.05, 0) is 48.1 Å². The van der Waals surface area contributed by atoms with Crippen LogP contribution in [0.5, 0.6) is 0 Å². The fourth-order valence-electron chi connectivity index (χ4n) is 4.80. The van der Waals surface area contributed by atoms with Crippen molar-refractivity contribution in [1.29, 1.82) is 0 Å². The molecule has 0 bridgehead atoms. The molecule has 0 atom stereocenters. The highest BCUT2D eigenvalue weighted by Gasteiger charge is 2.23. The predicted octanol–water partition coefficient (Wildman–Crippen LogP) is 4.91. The summed E-state index contributed by atoms with van der Waals surface area (Å²) in [7, 11) is 0. The van der Waals surface area contributed by atoms with Gasteiger partial charge in [0.1, 0.15) is 5.82 Å². The van der Waals surface area contributed by atoms with Crippen LogP contribution in [0.1, 0.15) is 27.9 Å². The van der Waals surface area contributed by atoms with Crippen LogP contribution in [0.25, 0.3) is 10.9 Å². The number of aliphatic hydroxyl groups excluding tert-OH is 1. The summed E-state index contributed by atoms with van der Waals surface area (Å²) in [6.45, 7) is 4.76. The molecule has 31 heavy (non-hydrogen) atoms. The SMILES string of the molecule is Cc1c(Cc2ccccc2)c2c(N3CCc4ccccc4C3)nccc2n1CCO.Cl. The molecule has 0 unspecified atom stereocenters. The Morgan fingerprint density at radius 1 is 0.968 bits per heavy atom. The number of anilines is 1. The molecule has 1 N–H and O–H groups in total. The van der Waals surface area contributed by atoms with Crippen LogP contribution in [0.4, 0.5) is 5.82 Å². The molecule has 160 valence electrons. The lowest BCUT2D eigenvalue weighted by molar-refractivity contribution is 0.277. The van der Waals surface area contributed by atoms with E-state index in [-0.39, 0.29) is 19.0 Å². The Labute approximate surface area is 189 Å². The monoisotopic (exact) mass is 433 g/mol. The number of aromatic nitrogens is 2. The van der Waals surface area contributed by atoms with Crippen LogP contribution in [0.2, 0.25) is 0 Å². The second-order valence-corrected chi connectivity index (χ2v) is 8.07. The van der Waals surface area contributed by atoms with Crippen LogP contribution in [-0.4, -0.2) is 27.8 Å². The molecule has 0 fully saturated rings. The molecular formula is C26H28ClN3O. The van der Waals surface area contributed by atoms with E-state index in [4.69, 9.17) is 4.98 Å². The van der Waals surface area contributed by atoms with E-state index in [1.807, 2.05) is 6.20 Å². The molecule has 3 heterocycles. The zero-order valence-corrected chi connectivity index (χ0v) is 18.6. The van der Waals surface area contributed by atoms with E-state index in [9.17, 15) is 5.11 Å². The minimum absolute atomic E-state index is 0. The van der Waals surface area contributed by atoms with E-state index in [1.54, 1.807) is 0 Å².